The standard InChI is InChI=1S/C47H46N12O4/c1-7-37-29(5)35(12-14-48-37)30-8-10-40-31(20-30)22-41(58(40)47(23-26(47)2)44-51-45(61)63-53-44)43(60)55-15-13-38-36(25-55)42(59(52-38)34-18-27(3)50-28(4)19-34)57-17-16-56(46(57)62)33-9-11-39-32(21-33)24-49-54(39)6/h8-12,14,16-22,24,26,45,61H,7,13,15,23,25H2,1-6H3,(H,51,53)/t26-,45?,47-/m0/s1. The van der Waals surface area contributed by atoms with Gasteiger partial charge in [0.25, 0.3) is 5.91 Å². The number of fused-ring (bicyclic) bond motifs is 3. The first-order valence-corrected chi connectivity index (χ1v) is 21.3. The van der Waals surface area contributed by atoms with Gasteiger partial charge in [-0.2, -0.15) is 10.2 Å². The van der Waals surface area contributed by atoms with Crippen molar-refractivity contribution < 1.29 is 14.7 Å². The molecule has 8 heterocycles. The number of oxime groups is 1. The van der Waals surface area contributed by atoms with Crippen LogP contribution in [0.3, 0.4) is 0 Å². The number of pyridine rings is 2. The van der Waals surface area contributed by atoms with Crippen LogP contribution in [0, 0.1) is 26.7 Å². The van der Waals surface area contributed by atoms with Crippen molar-refractivity contribution >= 4 is 33.5 Å². The molecule has 11 rings (SSSR count). The second-order valence-corrected chi connectivity index (χ2v) is 17.1. The molecule has 3 aliphatic rings. The Morgan fingerprint density at radius 3 is 2.49 bits per heavy atom. The highest BCUT2D eigenvalue weighted by molar-refractivity contribution is 6.03. The highest BCUT2D eigenvalue weighted by Crippen LogP contribution is 2.54. The van der Waals surface area contributed by atoms with Crippen molar-refractivity contribution in [3.63, 3.8) is 0 Å². The first kappa shape index (κ1) is 38.6. The van der Waals surface area contributed by atoms with Crippen LogP contribution >= 0.6 is 0 Å². The van der Waals surface area contributed by atoms with Gasteiger partial charge < -0.3 is 24.7 Å². The van der Waals surface area contributed by atoms with Crippen LogP contribution < -0.4 is 11.0 Å². The fourth-order valence-electron chi connectivity index (χ4n) is 9.94. The van der Waals surface area contributed by atoms with Gasteiger partial charge in [-0.25, -0.2) is 9.48 Å². The second-order valence-electron chi connectivity index (χ2n) is 17.1. The molecular weight excluding hydrogens is 797 g/mol. The average Bonchev–Trinajstić information content (AvgIpc) is 3.89. The summed E-state index contributed by atoms with van der Waals surface area (Å²) in [5, 5.41) is 29.0. The fraction of sp³-hybridized carbons (Fsp3) is 0.298. The summed E-state index contributed by atoms with van der Waals surface area (Å²) < 4.78 is 8.95. The van der Waals surface area contributed by atoms with E-state index in [2.05, 4.69) is 69.1 Å². The number of amides is 1. The number of rotatable bonds is 8. The summed E-state index contributed by atoms with van der Waals surface area (Å²) in [7, 11) is 1.89. The summed E-state index contributed by atoms with van der Waals surface area (Å²) in [6, 6.07) is 20.1. The van der Waals surface area contributed by atoms with E-state index in [1.54, 1.807) is 32.4 Å². The van der Waals surface area contributed by atoms with E-state index in [9.17, 15) is 9.90 Å². The highest BCUT2D eigenvalue weighted by atomic mass is 16.7. The van der Waals surface area contributed by atoms with Crippen molar-refractivity contribution in [2.24, 2.45) is 18.1 Å². The molecule has 1 aliphatic carbocycles. The molecule has 318 valence electrons. The maximum Gasteiger partial charge on any atom is 0.338 e. The lowest BCUT2D eigenvalue weighted by atomic mass is 9.98. The zero-order valence-corrected chi connectivity index (χ0v) is 35.9. The Kier molecular flexibility index (Phi) is 8.64. The number of hydrogen-bond donors (Lipinski definition) is 2. The van der Waals surface area contributed by atoms with Gasteiger partial charge in [-0.3, -0.25) is 28.6 Å². The molecule has 1 saturated carbocycles. The molecule has 8 aromatic rings. The van der Waals surface area contributed by atoms with Crippen molar-refractivity contribution in [3.8, 4) is 28.3 Å². The van der Waals surface area contributed by atoms with Crippen molar-refractivity contribution in [2.45, 2.75) is 72.4 Å². The molecule has 2 aliphatic heterocycles. The van der Waals surface area contributed by atoms with Crippen LogP contribution in [0.25, 0.3) is 50.1 Å². The third kappa shape index (κ3) is 5.95. The molecule has 1 unspecified atom stereocenters. The molecule has 0 bridgehead atoms. The zero-order valence-electron chi connectivity index (χ0n) is 35.9. The van der Waals surface area contributed by atoms with E-state index in [-0.39, 0.29) is 24.1 Å². The van der Waals surface area contributed by atoms with E-state index in [1.807, 2.05) is 79.1 Å². The summed E-state index contributed by atoms with van der Waals surface area (Å²) >= 11 is 0. The minimum absolute atomic E-state index is 0.0777. The lowest BCUT2D eigenvalue weighted by Gasteiger charge is -2.29. The first-order valence-electron chi connectivity index (χ1n) is 21.3. The number of amidine groups is 1. The number of aryl methyl sites for hydroxylation is 4. The van der Waals surface area contributed by atoms with Crippen molar-refractivity contribution in [1.82, 2.24) is 53.4 Å². The Morgan fingerprint density at radius 2 is 1.75 bits per heavy atom. The number of carbonyl (C=O) groups excluding carboxylic acids is 1. The summed E-state index contributed by atoms with van der Waals surface area (Å²) in [6.45, 7) is 10.8. The lowest BCUT2D eigenvalue weighted by Crippen LogP contribution is -2.44. The van der Waals surface area contributed by atoms with E-state index >= 15 is 4.79 Å². The lowest BCUT2D eigenvalue weighted by molar-refractivity contribution is -0.0896. The van der Waals surface area contributed by atoms with Gasteiger partial charge in [0.1, 0.15) is 17.1 Å². The number of aliphatic hydroxyl groups is 1. The quantitative estimate of drug-likeness (QED) is 0.194. The molecule has 6 aromatic heterocycles. The van der Waals surface area contributed by atoms with Crippen molar-refractivity contribution in [3.05, 3.63) is 136 Å². The number of imidazole rings is 1. The van der Waals surface area contributed by atoms with Gasteiger partial charge in [-0.1, -0.05) is 25.1 Å². The maximum absolute atomic E-state index is 15.4. The van der Waals surface area contributed by atoms with Crippen LogP contribution in [0.15, 0.2) is 95.4 Å². The summed E-state index contributed by atoms with van der Waals surface area (Å²) in [4.78, 5) is 46.3. The first-order chi connectivity index (χ1) is 30.4. The molecule has 16 nitrogen and oxygen atoms in total. The van der Waals surface area contributed by atoms with Crippen molar-refractivity contribution in [1.29, 1.82) is 0 Å². The molecule has 0 saturated heterocycles. The monoisotopic (exact) mass is 842 g/mol. The SMILES string of the molecule is CCc1nccc(-c2ccc3c(c2)cc(C(=O)N2CCc4nn(-c5cc(C)nc(C)c5)c(-n5ccn(-c6ccc7c(cnn7C)c6)c5=O)c4C2)n3[C@@]2(C3=NOC(O)N3)C[C@@H]2C)c1C. The molecule has 1 fully saturated rings. The molecule has 0 spiro atoms. The molecule has 2 N–H and O–H groups in total. The third-order valence-corrected chi connectivity index (χ3v) is 13.2. The van der Waals surface area contributed by atoms with E-state index in [0.717, 1.165) is 78.9 Å². The Hall–Kier alpha value is -7.33. The summed E-state index contributed by atoms with van der Waals surface area (Å²) in [5.74, 6) is 0.948. The van der Waals surface area contributed by atoms with Gasteiger partial charge in [0.05, 0.1) is 35.3 Å². The minimum Gasteiger partial charge on any atom is -0.340 e. The number of benzene rings is 2. The number of nitrogens with zero attached hydrogens (tertiary/aromatic N) is 11. The highest BCUT2D eigenvalue weighted by Gasteiger charge is 2.60. The molecule has 16 heteroatoms. The fourth-order valence-corrected chi connectivity index (χ4v) is 9.94. The van der Waals surface area contributed by atoms with Gasteiger partial charge in [-0.15, -0.1) is 0 Å². The second kappa shape index (κ2) is 14.1. The Morgan fingerprint density at radius 1 is 0.968 bits per heavy atom. The van der Waals surface area contributed by atoms with E-state index in [1.165, 1.54) is 0 Å². The number of nitrogens with one attached hydrogen (secondary N) is 1. The molecule has 63 heavy (non-hydrogen) atoms. The molecule has 2 aromatic carbocycles. The predicted octanol–water partition coefficient (Wildman–Crippen LogP) is 5.74. The normalized spacial score (nSPS) is 19.3. The van der Waals surface area contributed by atoms with Gasteiger partial charge in [0.2, 0.25) is 0 Å². The van der Waals surface area contributed by atoms with Gasteiger partial charge in [0.15, 0.2) is 5.84 Å². The molecule has 3 atom stereocenters. The van der Waals surface area contributed by atoms with Crippen molar-refractivity contribution in [2.75, 3.05) is 6.54 Å². The van der Waals surface area contributed by atoms with Crippen LogP contribution in [0.5, 0.6) is 0 Å². The number of aromatic nitrogens is 9. The van der Waals surface area contributed by atoms with E-state index < -0.39 is 12.0 Å². The molecule has 1 amide bonds. The van der Waals surface area contributed by atoms with E-state index in [0.29, 0.717) is 42.4 Å². The summed E-state index contributed by atoms with van der Waals surface area (Å²) in [6.07, 6.45) is 7.86. The van der Waals surface area contributed by atoms with Gasteiger partial charge >= 0.3 is 12.1 Å². The molecule has 0 radical (unpaired) electrons. The smallest absolute Gasteiger partial charge is 0.338 e. The average molecular weight is 843 g/mol. The topological polar surface area (TPSA) is 167 Å². The number of aliphatic hydroxyl groups excluding tert-OH is 1. The predicted molar refractivity (Wildman–Crippen MR) is 237 cm³/mol. The zero-order chi connectivity index (χ0) is 43.5. The largest absolute Gasteiger partial charge is 0.340 e. The molecular formula is C47H46N12O4. The minimum atomic E-state index is -1.28. The Balaban J connectivity index is 1.04. The number of carbonyl (C=O) groups is 1. The van der Waals surface area contributed by atoms with Crippen LogP contribution in [0.4, 0.5) is 0 Å². The van der Waals surface area contributed by atoms with Crippen LogP contribution in [0.2, 0.25) is 0 Å². The third-order valence-electron chi connectivity index (χ3n) is 13.2. The summed E-state index contributed by atoms with van der Waals surface area (Å²) in [5.41, 5.74) is 10.3. The Labute approximate surface area is 361 Å². The van der Waals surface area contributed by atoms with Crippen LogP contribution in [0.1, 0.15) is 64.7 Å². The van der Waals surface area contributed by atoms with Crippen LogP contribution in [-0.4, -0.2) is 77.9 Å². The van der Waals surface area contributed by atoms with Gasteiger partial charge in [-0.05, 0) is 111 Å². The maximum atomic E-state index is 15.4. The van der Waals surface area contributed by atoms with E-state index in [4.69, 9.17) is 9.94 Å². The van der Waals surface area contributed by atoms with Gasteiger partial charge in [0, 0.05) is 77.5 Å². The number of hydrogen-bond acceptors (Lipinski definition) is 10. The Bertz CT molecular complexity index is 3270. The van der Waals surface area contributed by atoms with Crippen LogP contribution in [-0.2, 0) is 36.8 Å².